The molecule has 1 fully saturated rings. The molecule has 0 radical (unpaired) electrons. The smallest absolute Gasteiger partial charge is 0.223 e. The number of piperidine rings is 1. The SMILES string of the molecule is COC(C)ON=C1CCN(c2ccccn2)CC1. The number of oxime groups is 1. The highest BCUT2D eigenvalue weighted by atomic mass is 16.8. The van der Waals surface area contributed by atoms with Gasteiger partial charge in [0.05, 0.1) is 5.71 Å². The van der Waals surface area contributed by atoms with Gasteiger partial charge >= 0.3 is 0 Å². The molecule has 5 nitrogen and oxygen atoms in total. The highest BCUT2D eigenvalue weighted by Crippen LogP contribution is 2.15. The zero-order valence-electron chi connectivity index (χ0n) is 10.9. The molecule has 1 aromatic heterocycles. The highest BCUT2D eigenvalue weighted by Gasteiger charge is 2.16. The van der Waals surface area contributed by atoms with Crippen molar-refractivity contribution in [2.75, 3.05) is 25.1 Å². The van der Waals surface area contributed by atoms with Crippen LogP contribution in [0, 0.1) is 0 Å². The average molecular weight is 249 g/mol. The maximum absolute atomic E-state index is 5.20. The predicted octanol–water partition coefficient (Wildman–Crippen LogP) is 2.05. The van der Waals surface area contributed by atoms with Crippen molar-refractivity contribution in [2.45, 2.75) is 26.1 Å². The molecule has 1 unspecified atom stereocenters. The fraction of sp³-hybridized carbons (Fsp3) is 0.538. The van der Waals surface area contributed by atoms with Crippen LogP contribution in [0.3, 0.4) is 0 Å². The minimum atomic E-state index is -0.286. The van der Waals surface area contributed by atoms with Crippen molar-refractivity contribution < 1.29 is 9.57 Å². The first-order valence-corrected chi connectivity index (χ1v) is 6.20. The molecule has 0 saturated carbocycles. The van der Waals surface area contributed by atoms with Crippen molar-refractivity contribution in [1.29, 1.82) is 0 Å². The van der Waals surface area contributed by atoms with Gasteiger partial charge in [-0.15, -0.1) is 0 Å². The molecule has 18 heavy (non-hydrogen) atoms. The molecule has 0 bridgehead atoms. The molecular weight excluding hydrogens is 230 g/mol. The van der Waals surface area contributed by atoms with Gasteiger partial charge in [-0.3, -0.25) is 0 Å². The van der Waals surface area contributed by atoms with E-state index >= 15 is 0 Å². The molecule has 1 aliphatic heterocycles. The van der Waals surface area contributed by atoms with Crippen LogP contribution in [-0.2, 0) is 9.57 Å². The maximum atomic E-state index is 5.20. The normalized spacial score (nSPS) is 17.4. The summed E-state index contributed by atoms with van der Waals surface area (Å²) in [5.41, 5.74) is 1.09. The average Bonchev–Trinajstić information content (AvgIpc) is 2.46. The first kappa shape index (κ1) is 12.8. The Hall–Kier alpha value is -1.62. The van der Waals surface area contributed by atoms with E-state index in [1.807, 2.05) is 31.3 Å². The lowest BCUT2D eigenvalue weighted by Gasteiger charge is -2.28. The van der Waals surface area contributed by atoms with E-state index in [9.17, 15) is 0 Å². The highest BCUT2D eigenvalue weighted by molar-refractivity contribution is 5.86. The molecule has 0 amide bonds. The van der Waals surface area contributed by atoms with Gasteiger partial charge < -0.3 is 14.5 Å². The van der Waals surface area contributed by atoms with Gasteiger partial charge in [0.1, 0.15) is 5.82 Å². The number of hydrogen-bond donors (Lipinski definition) is 0. The molecule has 1 atom stereocenters. The van der Waals surface area contributed by atoms with Gasteiger partial charge in [-0.1, -0.05) is 11.2 Å². The lowest BCUT2D eigenvalue weighted by molar-refractivity contribution is -0.110. The molecule has 0 spiro atoms. The molecular formula is C13H19N3O2. The Labute approximate surface area is 107 Å². The Bertz CT molecular complexity index is 384. The largest absolute Gasteiger partial charge is 0.364 e. The number of methoxy groups -OCH3 is 1. The van der Waals surface area contributed by atoms with Crippen LogP contribution < -0.4 is 4.90 Å². The van der Waals surface area contributed by atoms with E-state index in [1.165, 1.54) is 0 Å². The second-order valence-electron chi connectivity index (χ2n) is 4.24. The molecule has 2 heterocycles. The molecule has 1 aromatic rings. The van der Waals surface area contributed by atoms with Gasteiger partial charge in [-0.25, -0.2) is 4.98 Å². The number of rotatable bonds is 4. The molecule has 98 valence electrons. The van der Waals surface area contributed by atoms with Crippen molar-refractivity contribution in [1.82, 2.24) is 4.98 Å². The third-order valence-corrected chi connectivity index (χ3v) is 2.98. The summed E-state index contributed by atoms with van der Waals surface area (Å²) < 4.78 is 4.98. The second-order valence-corrected chi connectivity index (χ2v) is 4.24. The topological polar surface area (TPSA) is 47.0 Å². The van der Waals surface area contributed by atoms with Crippen LogP contribution in [0.4, 0.5) is 5.82 Å². The van der Waals surface area contributed by atoms with E-state index in [4.69, 9.17) is 9.57 Å². The van der Waals surface area contributed by atoms with Gasteiger partial charge in [0.25, 0.3) is 0 Å². The Morgan fingerprint density at radius 2 is 2.11 bits per heavy atom. The molecule has 2 rings (SSSR count). The standard InChI is InChI=1S/C13H19N3O2/c1-11(17-2)18-15-12-6-9-16(10-7-12)13-5-3-4-8-14-13/h3-5,8,11H,6-7,9-10H2,1-2H3. The van der Waals surface area contributed by atoms with Gasteiger partial charge in [0.15, 0.2) is 0 Å². The van der Waals surface area contributed by atoms with Crippen LogP contribution in [0.2, 0.25) is 0 Å². The summed E-state index contributed by atoms with van der Waals surface area (Å²) in [5, 5.41) is 4.13. The van der Waals surface area contributed by atoms with Crippen molar-refractivity contribution in [2.24, 2.45) is 5.16 Å². The van der Waals surface area contributed by atoms with Crippen LogP contribution in [0.15, 0.2) is 29.6 Å². The number of ether oxygens (including phenoxy) is 1. The van der Waals surface area contributed by atoms with E-state index in [0.717, 1.165) is 37.5 Å². The monoisotopic (exact) mass is 249 g/mol. The van der Waals surface area contributed by atoms with E-state index < -0.39 is 0 Å². The summed E-state index contributed by atoms with van der Waals surface area (Å²) in [6.45, 7) is 3.69. The fourth-order valence-electron chi connectivity index (χ4n) is 1.82. The summed E-state index contributed by atoms with van der Waals surface area (Å²) in [6.07, 6.45) is 3.36. The first-order valence-electron chi connectivity index (χ1n) is 6.20. The van der Waals surface area contributed by atoms with Crippen LogP contribution in [-0.4, -0.2) is 37.2 Å². The number of pyridine rings is 1. The third kappa shape index (κ3) is 3.43. The van der Waals surface area contributed by atoms with Crippen molar-refractivity contribution >= 4 is 11.5 Å². The van der Waals surface area contributed by atoms with Crippen LogP contribution in [0.1, 0.15) is 19.8 Å². The summed E-state index contributed by atoms with van der Waals surface area (Å²) in [6, 6.07) is 5.97. The quantitative estimate of drug-likeness (QED) is 0.605. The van der Waals surface area contributed by atoms with Gasteiger partial charge in [-0.05, 0) is 12.1 Å². The van der Waals surface area contributed by atoms with Crippen LogP contribution in [0.5, 0.6) is 0 Å². The number of aromatic nitrogens is 1. The van der Waals surface area contributed by atoms with Gasteiger partial charge in [0, 0.05) is 46.2 Å². The summed E-state index contributed by atoms with van der Waals surface area (Å²) >= 11 is 0. The maximum Gasteiger partial charge on any atom is 0.223 e. The number of hydrogen-bond acceptors (Lipinski definition) is 5. The van der Waals surface area contributed by atoms with E-state index in [1.54, 1.807) is 7.11 Å². The van der Waals surface area contributed by atoms with Crippen molar-refractivity contribution in [3.63, 3.8) is 0 Å². The molecule has 0 aromatic carbocycles. The Balaban J connectivity index is 1.85. The molecule has 1 aliphatic rings. The van der Waals surface area contributed by atoms with E-state index in [-0.39, 0.29) is 6.29 Å². The van der Waals surface area contributed by atoms with Gasteiger partial charge in [0.2, 0.25) is 6.29 Å². The van der Waals surface area contributed by atoms with E-state index in [2.05, 4.69) is 15.0 Å². The van der Waals surface area contributed by atoms with Crippen molar-refractivity contribution in [3.8, 4) is 0 Å². The number of anilines is 1. The minimum absolute atomic E-state index is 0.286. The lowest BCUT2D eigenvalue weighted by Crippen LogP contribution is -2.34. The number of nitrogens with zero attached hydrogens (tertiary/aromatic N) is 3. The Morgan fingerprint density at radius 3 is 2.72 bits per heavy atom. The summed E-state index contributed by atoms with van der Waals surface area (Å²) in [7, 11) is 1.61. The Kier molecular flexibility index (Phi) is 4.52. The van der Waals surface area contributed by atoms with E-state index in [0.29, 0.717) is 0 Å². The van der Waals surface area contributed by atoms with Gasteiger partial charge in [-0.2, -0.15) is 0 Å². The zero-order valence-corrected chi connectivity index (χ0v) is 10.9. The third-order valence-electron chi connectivity index (χ3n) is 2.98. The van der Waals surface area contributed by atoms with Crippen LogP contribution in [0.25, 0.3) is 0 Å². The molecule has 0 aliphatic carbocycles. The summed E-state index contributed by atoms with van der Waals surface area (Å²) in [5.74, 6) is 1.03. The molecule has 5 heteroatoms. The lowest BCUT2D eigenvalue weighted by atomic mass is 10.1. The molecule has 1 saturated heterocycles. The predicted molar refractivity (Wildman–Crippen MR) is 70.7 cm³/mol. The second kappa shape index (κ2) is 6.35. The Morgan fingerprint density at radius 1 is 1.33 bits per heavy atom. The fourth-order valence-corrected chi connectivity index (χ4v) is 1.82. The summed E-state index contributed by atoms with van der Waals surface area (Å²) in [4.78, 5) is 11.8. The van der Waals surface area contributed by atoms with Crippen LogP contribution >= 0.6 is 0 Å². The minimum Gasteiger partial charge on any atom is -0.364 e. The zero-order chi connectivity index (χ0) is 12.8. The first-order chi connectivity index (χ1) is 8.79. The van der Waals surface area contributed by atoms with Crippen molar-refractivity contribution in [3.05, 3.63) is 24.4 Å². The molecule has 0 N–H and O–H groups in total.